The van der Waals surface area contributed by atoms with Crippen LogP contribution in [0.3, 0.4) is 0 Å². The molecule has 0 aromatic carbocycles. The Kier molecular flexibility index (Phi) is 2.84. The summed E-state index contributed by atoms with van der Waals surface area (Å²) in [5.74, 6) is 0.413. The van der Waals surface area contributed by atoms with Gasteiger partial charge in [0.25, 0.3) is 5.56 Å². The largest absolute Gasteiger partial charge is 0.398 e. The summed E-state index contributed by atoms with van der Waals surface area (Å²) < 4.78 is 41.1. The van der Waals surface area contributed by atoms with Gasteiger partial charge in [-0.1, -0.05) is 6.07 Å². The van der Waals surface area contributed by atoms with Crippen molar-refractivity contribution in [2.45, 2.75) is 43.8 Å². The van der Waals surface area contributed by atoms with E-state index in [0.717, 1.165) is 25.9 Å². The van der Waals surface area contributed by atoms with E-state index in [4.69, 9.17) is 0 Å². The van der Waals surface area contributed by atoms with Crippen LogP contribution in [0.2, 0.25) is 0 Å². The van der Waals surface area contributed by atoms with Gasteiger partial charge in [-0.15, -0.1) is 0 Å². The second-order valence-electron chi connectivity index (χ2n) is 7.37. The van der Waals surface area contributed by atoms with Crippen LogP contribution < -0.4 is 10.9 Å². The first-order valence-electron chi connectivity index (χ1n) is 7.82. The topological polar surface area (TPSA) is 34.0 Å². The number of pyridine rings is 1. The highest BCUT2D eigenvalue weighted by Gasteiger charge is 2.64. The molecule has 2 heterocycles. The van der Waals surface area contributed by atoms with Crippen molar-refractivity contribution in [1.29, 1.82) is 0 Å². The molecule has 0 atom stereocenters. The van der Waals surface area contributed by atoms with Gasteiger partial charge in [-0.05, 0) is 42.6 Å². The molecule has 120 valence electrons. The molecule has 0 radical (unpaired) electrons. The zero-order valence-corrected chi connectivity index (χ0v) is 12.2. The summed E-state index contributed by atoms with van der Waals surface area (Å²) in [5, 5.41) is 3.26. The Hall–Kier alpha value is -1.30. The van der Waals surface area contributed by atoms with Crippen LogP contribution in [0.1, 0.15) is 31.2 Å². The Bertz CT molecular complexity index is 648. The second-order valence-corrected chi connectivity index (χ2v) is 7.37. The fourth-order valence-corrected chi connectivity index (χ4v) is 4.16. The third-order valence-electron chi connectivity index (χ3n) is 5.73. The SMILES string of the molecule is O=c1ccc(C2(C(F)(F)F)CC2)cn1CC1CC2(CNC2)C1. The molecule has 1 aromatic rings. The first-order chi connectivity index (χ1) is 10.3. The van der Waals surface area contributed by atoms with E-state index in [1.54, 1.807) is 0 Å². The molecule has 1 N–H and O–H groups in total. The molecule has 22 heavy (non-hydrogen) atoms. The summed E-state index contributed by atoms with van der Waals surface area (Å²) in [6.45, 7) is 2.62. The Labute approximate surface area is 126 Å². The molecule has 2 saturated carbocycles. The minimum atomic E-state index is -4.23. The smallest absolute Gasteiger partial charge is 0.316 e. The van der Waals surface area contributed by atoms with Crippen molar-refractivity contribution in [2.75, 3.05) is 13.1 Å². The minimum absolute atomic E-state index is 0.132. The maximum Gasteiger partial charge on any atom is 0.398 e. The highest BCUT2D eigenvalue weighted by molar-refractivity contribution is 5.31. The number of alkyl halides is 3. The number of nitrogens with zero attached hydrogens (tertiary/aromatic N) is 1. The third kappa shape index (κ3) is 2.03. The van der Waals surface area contributed by atoms with Crippen LogP contribution in [0.25, 0.3) is 0 Å². The van der Waals surface area contributed by atoms with E-state index in [9.17, 15) is 18.0 Å². The highest BCUT2D eigenvalue weighted by Crippen LogP contribution is 2.58. The van der Waals surface area contributed by atoms with Gasteiger partial charge >= 0.3 is 6.18 Å². The molecule has 4 rings (SSSR count). The predicted octanol–water partition coefficient (Wildman–Crippen LogP) is 2.44. The van der Waals surface area contributed by atoms with Gasteiger partial charge in [-0.2, -0.15) is 13.2 Å². The van der Waals surface area contributed by atoms with Crippen LogP contribution in [0.5, 0.6) is 0 Å². The Morgan fingerprint density at radius 2 is 1.91 bits per heavy atom. The van der Waals surface area contributed by atoms with Crippen molar-refractivity contribution in [2.24, 2.45) is 11.3 Å². The van der Waals surface area contributed by atoms with Gasteiger partial charge in [0, 0.05) is 31.9 Å². The maximum atomic E-state index is 13.2. The first kappa shape index (κ1) is 14.3. The number of nitrogens with one attached hydrogen (secondary N) is 1. The van der Waals surface area contributed by atoms with Crippen LogP contribution >= 0.6 is 0 Å². The molecule has 3 nitrogen and oxygen atoms in total. The lowest BCUT2D eigenvalue weighted by Crippen LogP contribution is -2.60. The molecule has 0 amide bonds. The predicted molar refractivity (Wildman–Crippen MR) is 75.7 cm³/mol. The van der Waals surface area contributed by atoms with Crippen LogP contribution in [0.4, 0.5) is 13.2 Å². The molecular weight excluding hydrogens is 293 g/mol. The second kappa shape index (κ2) is 4.37. The molecule has 1 aromatic heterocycles. The molecule has 3 fully saturated rings. The van der Waals surface area contributed by atoms with E-state index < -0.39 is 11.6 Å². The van der Waals surface area contributed by atoms with Crippen LogP contribution in [0.15, 0.2) is 23.1 Å². The van der Waals surface area contributed by atoms with E-state index in [-0.39, 0.29) is 24.0 Å². The fourth-order valence-electron chi connectivity index (χ4n) is 4.16. The van der Waals surface area contributed by atoms with Gasteiger partial charge in [-0.25, -0.2) is 0 Å². The molecule has 0 bridgehead atoms. The van der Waals surface area contributed by atoms with Crippen molar-refractivity contribution in [1.82, 2.24) is 9.88 Å². The van der Waals surface area contributed by atoms with Crippen molar-refractivity contribution < 1.29 is 13.2 Å². The Morgan fingerprint density at radius 3 is 2.41 bits per heavy atom. The van der Waals surface area contributed by atoms with E-state index in [0.29, 0.717) is 17.9 Å². The number of rotatable bonds is 3. The van der Waals surface area contributed by atoms with Crippen molar-refractivity contribution in [3.05, 3.63) is 34.2 Å². The van der Waals surface area contributed by atoms with E-state index in [1.807, 2.05) is 0 Å². The van der Waals surface area contributed by atoms with Gasteiger partial charge in [0.1, 0.15) is 0 Å². The summed E-state index contributed by atoms with van der Waals surface area (Å²) in [7, 11) is 0. The van der Waals surface area contributed by atoms with E-state index >= 15 is 0 Å². The summed E-state index contributed by atoms with van der Waals surface area (Å²) in [5.41, 5.74) is -1.25. The molecule has 2 aliphatic carbocycles. The lowest BCUT2D eigenvalue weighted by Gasteiger charge is -2.54. The molecule has 3 aliphatic rings. The standard InChI is InChI=1S/C16H19F3N2O/c17-16(18,19)15(3-4-15)12-1-2-13(22)21(8-12)7-11-5-14(6-11)9-20-10-14/h1-2,8,11,20H,3-7,9-10H2. The number of hydrogen-bond acceptors (Lipinski definition) is 2. The fraction of sp³-hybridized carbons (Fsp3) is 0.688. The van der Waals surface area contributed by atoms with Crippen molar-refractivity contribution in [3.63, 3.8) is 0 Å². The third-order valence-corrected chi connectivity index (χ3v) is 5.73. The Morgan fingerprint density at radius 1 is 1.23 bits per heavy atom. The number of halogens is 3. The summed E-state index contributed by atoms with van der Waals surface area (Å²) in [6, 6.07) is 2.65. The van der Waals surface area contributed by atoms with Crippen LogP contribution in [0, 0.1) is 11.3 Å². The minimum Gasteiger partial charge on any atom is -0.316 e. The van der Waals surface area contributed by atoms with Crippen LogP contribution in [-0.4, -0.2) is 23.8 Å². The average molecular weight is 312 g/mol. The van der Waals surface area contributed by atoms with Gasteiger partial charge in [0.05, 0.1) is 5.41 Å². The Balaban J connectivity index is 1.53. The molecule has 1 spiro atoms. The zero-order valence-electron chi connectivity index (χ0n) is 12.2. The van der Waals surface area contributed by atoms with Gasteiger partial charge < -0.3 is 9.88 Å². The first-order valence-corrected chi connectivity index (χ1v) is 7.82. The highest BCUT2D eigenvalue weighted by atomic mass is 19.4. The van der Waals surface area contributed by atoms with Gasteiger partial charge in [-0.3, -0.25) is 4.79 Å². The average Bonchev–Trinajstić information content (AvgIpc) is 3.13. The van der Waals surface area contributed by atoms with Gasteiger partial charge in [0.2, 0.25) is 0 Å². The number of hydrogen-bond donors (Lipinski definition) is 1. The molecule has 0 unspecified atom stereocenters. The summed E-state index contributed by atoms with van der Waals surface area (Å²) in [4.78, 5) is 12.0. The molecule has 1 aliphatic heterocycles. The monoisotopic (exact) mass is 312 g/mol. The molecule has 1 saturated heterocycles. The van der Waals surface area contributed by atoms with Crippen molar-refractivity contribution in [3.8, 4) is 0 Å². The van der Waals surface area contributed by atoms with Crippen LogP contribution in [-0.2, 0) is 12.0 Å². The lowest BCUT2D eigenvalue weighted by molar-refractivity contribution is -0.160. The van der Waals surface area contributed by atoms with E-state index in [2.05, 4.69) is 5.32 Å². The van der Waals surface area contributed by atoms with E-state index in [1.165, 1.54) is 22.9 Å². The van der Waals surface area contributed by atoms with Gasteiger partial charge in [0.15, 0.2) is 0 Å². The zero-order chi connectivity index (χ0) is 15.6. The molecular formula is C16H19F3N2O. The maximum absolute atomic E-state index is 13.2. The molecule has 6 heteroatoms. The summed E-state index contributed by atoms with van der Waals surface area (Å²) >= 11 is 0. The lowest BCUT2D eigenvalue weighted by atomic mass is 9.58. The normalized spacial score (nSPS) is 25.6. The summed E-state index contributed by atoms with van der Waals surface area (Å²) in [6.07, 6.45) is -0.373. The quantitative estimate of drug-likeness (QED) is 0.930. The number of aromatic nitrogens is 1. The van der Waals surface area contributed by atoms with Crippen molar-refractivity contribution >= 4 is 0 Å².